The minimum absolute atomic E-state index is 0.172. The molecule has 0 bridgehead atoms. The van der Waals surface area contributed by atoms with E-state index in [1.165, 1.54) is 0 Å². The number of Topliss-reactive ketones (excluding diaryl/α,β-unsaturated/α-hetero) is 1. The normalized spacial score (nSPS) is 16.7. The summed E-state index contributed by atoms with van der Waals surface area (Å²) < 4.78 is 11.2. The van der Waals surface area contributed by atoms with Gasteiger partial charge in [-0.05, 0) is 65.1 Å². The molecule has 0 unspecified atom stereocenters. The summed E-state index contributed by atoms with van der Waals surface area (Å²) >= 11 is 0. The van der Waals surface area contributed by atoms with Gasteiger partial charge in [-0.1, -0.05) is 54.6 Å². The molecule has 0 aromatic heterocycles. The van der Waals surface area contributed by atoms with Gasteiger partial charge in [0.05, 0.1) is 18.7 Å². The number of anilines is 1. The van der Waals surface area contributed by atoms with Crippen molar-refractivity contribution in [1.82, 2.24) is 0 Å². The highest BCUT2D eigenvalue weighted by Crippen LogP contribution is 2.48. The SMILES string of the molecule is COc1cc([C@@H]2Nc3ccc4ccccc4c3C3=C2C(=O)CCC3)ccc1OC(=O)c1ccccc1. The molecule has 1 N–H and O–H groups in total. The van der Waals surface area contributed by atoms with Gasteiger partial charge in [0.1, 0.15) is 0 Å². The number of carbonyl (C=O) groups excluding carboxylic acids is 2. The Morgan fingerprint density at radius 1 is 0.889 bits per heavy atom. The molecule has 1 atom stereocenters. The van der Waals surface area contributed by atoms with Gasteiger partial charge in [-0.25, -0.2) is 4.79 Å². The number of benzene rings is 4. The van der Waals surface area contributed by atoms with E-state index >= 15 is 0 Å². The maximum atomic E-state index is 13.3. The number of ether oxygens (including phenoxy) is 2. The number of carbonyl (C=O) groups is 2. The van der Waals surface area contributed by atoms with Crippen LogP contribution in [0.15, 0.2) is 90.5 Å². The highest BCUT2D eigenvalue weighted by molar-refractivity contribution is 6.12. The van der Waals surface area contributed by atoms with Crippen molar-refractivity contribution in [3.8, 4) is 11.5 Å². The molecule has 178 valence electrons. The van der Waals surface area contributed by atoms with Gasteiger partial charge < -0.3 is 14.8 Å². The second kappa shape index (κ2) is 9.00. The topological polar surface area (TPSA) is 64.6 Å². The molecule has 5 nitrogen and oxygen atoms in total. The third-order valence-electron chi connectivity index (χ3n) is 7.01. The van der Waals surface area contributed by atoms with Crippen molar-refractivity contribution in [3.05, 3.63) is 107 Å². The van der Waals surface area contributed by atoms with Gasteiger partial charge in [-0.2, -0.15) is 0 Å². The lowest BCUT2D eigenvalue weighted by atomic mass is 9.77. The van der Waals surface area contributed by atoms with Gasteiger partial charge in [-0.15, -0.1) is 0 Å². The first-order valence-corrected chi connectivity index (χ1v) is 12.1. The number of ketones is 1. The fourth-order valence-corrected chi connectivity index (χ4v) is 5.33. The Bertz CT molecular complexity index is 1540. The Labute approximate surface area is 209 Å². The van der Waals surface area contributed by atoms with Crippen LogP contribution >= 0.6 is 0 Å². The summed E-state index contributed by atoms with van der Waals surface area (Å²) in [6.45, 7) is 0. The predicted octanol–water partition coefficient (Wildman–Crippen LogP) is 6.74. The van der Waals surface area contributed by atoms with Crippen molar-refractivity contribution in [2.45, 2.75) is 25.3 Å². The van der Waals surface area contributed by atoms with Crippen molar-refractivity contribution in [2.24, 2.45) is 0 Å². The zero-order valence-electron chi connectivity index (χ0n) is 19.9. The maximum absolute atomic E-state index is 13.3. The van der Waals surface area contributed by atoms with Crippen LogP contribution in [-0.4, -0.2) is 18.9 Å². The third kappa shape index (κ3) is 3.73. The Kier molecular flexibility index (Phi) is 5.53. The van der Waals surface area contributed by atoms with Crippen LogP contribution in [0.25, 0.3) is 16.3 Å². The molecule has 0 radical (unpaired) electrons. The Hall–Kier alpha value is -4.38. The summed E-state index contributed by atoms with van der Waals surface area (Å²) in [5.74, 6) is 0.492. The molecule has 36 heavy (non-hydrogen) atoms. The average molecular weight is 476 g/mol. The first-order valence-electron chi connectivity index (χ1n) is 12.1. The number of methoxy groups -OCH3 is 1. The van der Waals surface area contributed by atoms with E-state index in [0.29, 0.717) is 23.5 Å². The number of hydrogen-bond donors (Lipinski definition) is 1. The standard InChI is InChI=1S/C31H25NO4/c1-35-27-18-21(15-17-26(27)36-31(34)20-9-3-2-4-10-20)30-29-23(12-7-13-25(29)33)28-22-11-6-5-8-19(22)14-16-24(28)32-30/h2-6,8-11,14-18,30,32H,7,12-13H2,1H3/t30-/m0/s1. The lowest BCUT2D eigenvalue weighted by Crippen LogP contribution is -2.27. The summed E-state index contributed by atoms with van der Waals surface area (Å²) in [7, 11) is 1.55. The maximum Gasteiger partial charge on any atom is 0.343 e. The summed E-state index contributed by atoms with van der Waals surface area (Å²) in [6, 6.07) is 26.5. The van der Waals surface area contributed by atoms with Gasteiger partial charge in [0.15, 0.2) is 17.3 Å². The molecule has 0 saturated heterocycles. The molecule has 4 aromatic carbocycles. The van der Waals surface area contributed by atoms with E-state index in [2.05, 4.69) is 29.6 Å². The number of nitrogens with one attached hydrogen (secondary N) is 1. The number of allylic oxidation sites excluding steroid dienone is 1. The van der Waals surface area contributed by atoms with Crippen molar-refractivity contribution in [3.63, 3.8) is 0 Å². The summed E-state index contributed by atoms with van der Waals surface area (Å²) in [4.78, 5) is 25.9. The zero-order chi connectivity index (χ0) is 24.6. The molecule has 5 heteroatoms. The molecule has 1 aliphatic heterocycles. The van der Waals surface area contributed by atoms with E-state index in [-0.39, 0.29) is 11.8 Å². The van der Waals surface area contributed by atoms with Crippen LogP contribution in [-0.2, 0) is 4.79 Å². The molecule has 0 amide bonds. The molecule has 0 fully saturated rings. The highest BCUT2D eigenvalue weighted by Gasteiger charge is 2.35. The van der Waals surface area contributed by atoms with Crippen LogP contribution in [0.4, 0.5) is 5.69 Å². The number of rotatable bonds is 4. The second-order valence-corrected chi connectivity index (χ2v) is 9.12. The van der Waals surface area contributed by atoms with E-state index in [9.17, 15) is 9.59 Å². The molecule has 1 aliphatic carbocycles. The second-order valence-electron chi connectivity index (χ2n) is 9.12. The van der Waals surface area contributed by atoms with Crippen LogP contribution in [0.5, 0.6) is 11.5 Å². The molecule has 1 heterocycles. The summed E-state index contributed by atoms with van der Waals surface area (Å²) in [6.07, 6.45) is 2.26. The van der Waals surface area contributed by atoms with Crippen LogP contribution < -0.4 is 14.8 Å². The fourth-order valence-electron chi connectivity index (χ4n) is 5.33. The van der Waals surface area contributed by atoms with Crippen molar-refractivity contribution < 1.29 is 19.1 Å². The van der Waals surface area contributed by atoms with E-state index < -0.39 is 5.97 Å². The average Bonchev–Trinajstić information content (AvgIpc) is 2.93. The van der Waals surface area contributed by atoms with Gasteiger partial charge in [-0.3, -0.25) is 4.79 Å². The van der Waals surface area contributed by atoms with Crippen LogP contribution in [0.1, 0.15) is 46.8 Å². The smallest absolute Gasteiger partial charge is 0.343 e. The Morgan fingerprint density at radius 3 is 2.53 bits per heavy atom. The van der Waals surface area contributed by atoms with Crippen LogP contribution in [0.2, 0.25) is 0 Å². The minimum Gasteiger partial charge on any atom is -0.493 e. The van der Waals surface area contributed by atoms with Crippen molar-refractivity contribution in [2.75, 3.05) is 12.4 Å². The summed E-state index contributed by atoms with van der Waals surface area (Å²) in [5, 5.41) is 5.95. The van der Waals surface area contributed by atoms with E-state index in [1.54, 1.807) is 37.4 Å². The molecular formula is C31H25NO4. The Balaban J connectivity index is 1.42. The minimum atomic E-state index is -0.453. The molecule has 4 aromatic rings. The molecule has 0 saturated carbocycles. The van der Waals surface area contributed by atoms with Gasteiger partial charge in [0.25, 0.3) is 0 Å². The van der Waals surface area contributed by atoms with Gasteiger partial charge in [0, 0.05) is 23.2 Å². The van der Waals surface area contributed by atoms with Crippen LogP contribution in [0, 0.1) is 0 Å². The largest absolute Gasteiger partial charge is 0.493 e. The molecule has 6 rings (SSSR count). The van der Waals surface area contributed by atoms with E-state index in [4.69, 9.17) is 9.47 Å². The van der Waals surface area contributed by atoms with Crippen molar-refractivity contribution >= 4 is 33.8 Å². The zero-order valence-corrected chi connectivity index (χ0v) is 19.9. The van der Waals surface area contributed by atoms with Gasteiger partial charge in [0.2, 0.25) is 0 Å². The third-order valence-corrected chi connectivity index (χ3v) is 7.01. The predicted molar refractivity (Wildman–Crippen MR) is 140 cm³/mol. The quantitative estimate of drug-likeness (QED) is 0.262. The first kappa shape index (κ1) is 22.1. The molecule has 0 spiro atoms. The Morgan fingerprint density at radius 2 is 1.69 bits per heavy atom. The van der Waals surface area contributed by atoms with Crippen molar-refractivity contribution in [1.29, 1.82) is 0 Å². The first-order chi connectivity index (χ1) is 17.6. The number of fused-ring (bicyclic) bond motifs is 4. The fraction of sp³-hybridized carbons (Fsp3) is 0.161. The highest BCUT2D eigenvalue weighted by atomic mass is 16.6. The number of esters is 1. The lowest BCUT2D eigenvalue weighted by Gasteiger charge is -2.35. The van der Waals surface area contributed by atoms with Gasteiger partial charge >= 0.3 is 5.97 Å². The summed E-state index contributed by atoms with van der Waals surface area (Å²) in [5.41, 5.74) is 5.44. The molecule has 2 aliphatic rings. The number of hydrogen-bond acceptors (Lipinski definition) is 5. The van der Waals surface area contributed by atoms with E-state index in [0.717, 1.165) is 51.6 Å². The van der Waals surface area contributed by atoms with Crippen LogP contribution in [0.3, 0.4) is 0 Å². The molecular weight excluding hydrogens is 450 g/mol. The lowest BCUT2D eigenvalue weighted by molar-refractivity contribution is -0.116. The van der Waals surface area contributed by atoms with E-state index in [1.807, 2.05) is 30.3 Å². The monoisotopic (exact) mass is 475 g/mol.